The smallest absolute Gasteiger partial charge is 0.335 e. The molecular formula is C21H24N4O4S. The van der Waals surface area contributed by atoms with Gasteiger partial charge in [-0.2, -0.15) is 4.98 Å². The third-order valence-electron chi connectivity index (χ3n) is 5.72. The van der Waals surface area contributed by atoms with Crippen molar-refractivity contribution in [2.24, 2.45) is 5.92 Å². The molecule has 9 heteroatoms. The number of hydrogen-bond acceptors (Lipinski definition) is 6. The van der Waals surface area contributed by atoms with Crippen molar-refractivity contribution in [2.75, 3.05) is 5.73 Å². The number of aryl methyl sites for hydroxylation is 1. The molecule has 0 amide bonds. The highest BCUT2D eigenvalue weighted by atomic mass is 32.1. The summed E-state index contributed by atoms with van der Waals surface area (Å²) in [5.74, 6) is 0.250. The van der Waals surface area contributed by atoms with Gasteiger partial charge in [0.1, 0.15) is 4.70 Å². The summed E-state index contributed by atoms with van der Waals surface area (Å²) in [5, 5.41) is 9.08. The topological polar surface area (TPSA) is 131 Å². The Balaban J connectivity index is 1.35. The van der Waals surface area contributed by atoms with Crippen LogP contribution < -0.4 is 16.2 Å². The Bertz CT molecular complexity index is 1170. The zero-order chi connectivity index (χ0) is 21.3. The summed E-state index contributed by atoms with van der Waals surface area (Å²) in [6, 6.07) is 7.25. The summed E-state index contributed by atoms with van der Waals surface area (Å²) in [6.07, 6.45) is 6.29. The summed E-state index contributed by atoms with van der Waals surface area (Å²) in [5.41, 5.74) is 7.13. The monoisotopic (exact) mass is 428 g/mol. The van der Waals surface area contributed by atoms with E-state index in [1.54, 1.807) is 12.1 Å². The lowest BCUT2D eigenvalue weighted by Gasteiger charge is -2.17. The number of fused-ring (bicyclic) bond motifs is 1. The van der Waals surface area contributed by atoms with Gasteiger partial charge in [0, 0.05) is 6.54 Å². The highest BCUT2D eigenvalue weighted by Crippen LogP contribution is 2.45. The number of carbonyl (C=O) groups is 1. The van der Waals surface area contributed by atoms with E-state index < -0.39 is 5.97 Å². The van der Waals surface area contributed by atoms with Gasteiger partial charge < -0.3 is 10.8 Å². The van der Waals surface area contributed by atoms with Crippen LogP contribution in [0.5, 0.6) is 0 Å². The maximum absolute atomic E-state index is 12.2. The molecule has 158 valence electrons. The molecule has 0 aliphatic heterocycles. The van der Waals surface area contributed by atoms with Gasteiger partial charge in [-0.3, -0.25) is 19.1 Å². The number of aromatic nitrogens is 3. The van der Waals surface area contributed by atoms with Crippen LogP contribution in [-0.4, -0.2) is 25.6 Å². The van der Waals surface area contributed by atoms with E-state index in [0.717, 1.165) is 37.0 Å². The average Bonchev–Trinajstić information content (AvgIpc) is 3.49. The fraction of sp³-hybridized carbons (Fsp3) is 0.429. The van der Waals surface area contributed by atoms with E-state index in [1.807, 2.05) is 12.1 Å². The highest BCUT2D eigenvalue weighted by molar-refractivity contribution is 7.16. The largest absolute Gasteiger partial charge is 0.478 e. The van der Waals surface area contributed by atoms with Crippen molar-refractivity contribution in [2.45, 2.75) is 51.0 Å². The van der Waals surface area contributed by atoms with Crippen molar-refractivity contribution in [3.63, 3.8) is 0 Å². The van der Waals surface area contributed by atoms with Gasteiger partial charge in [0.25, 0.3) is 5.56 Å². The molecule has 1 aliphatic rings. The molecule has 1 aromatic carbocycles. The Labute approximate surface area is 176 Å². The third-order valence-corrected chi connectivity index (χ3v) is 6.68. The van der Waals surface area contributed by atoms with Crippen molar-refractivity contribution in [3.8, 4) is 0 Å². The third kappa shape index (κ3) is 4.30. The summed E-state index contributed by atoms with van der Waals surface area (Å²) < 4.78 is 1.85. The molecule has 1 unspecified atom stereocenters. The van der Waals surface area contributed by atoms with E-state index in [0.29, 0.717) is 34.3 Å². The number of unbranched alkanes of at least 4 members (excludes halogenated alkanes) is 2. The number of nitrogens with zero attached hydrogens (tertiary/aromatic N) is 2. The molecule has 30 heavy (non-hydrogen) atoms. The number of nitrogen functional groups attached to an aromatic ring is 1. The first-order chi connectivity index (χ1) is 14.4. The number of carboxylic acid groups (broad SMARTS) is 1. The van der Waals surface area contributed by atoms with Crippen LogP contribution in [0.15, 0.2) is 33.9 Å². The molecule has 2 heterocycles. The SMILES string of the molecule is Nc1nc2c(sc(=O)n2CCCCCC(c2ccc(C(=O)O)cc2)C2CC2)c(=O)[nH]1. The van der Waals surface area contributed by atoms with Crippen molar-refractivity contribution in [1.29, 1.82) is 0 Å². The van der Waals surface area contributed by atoms with Gasteiger partial charge in [0.05, 0.1) is 5.56 Å². The Morgan fingerprint density at radius 1 is 1.23 bits per heavy atom. The zero-order valence-corrected chi connectivity index (χ0v) is 17.3. The van der Waals surface area contributed by atoms with E-state index in [-0.39, 0.29) is 16.4 Å². The van der Waals surface area contributed by atoms with Gasteiger partial charge in [-0.1, -0.05) is 36.3 Å². The first-order valence-corrected chi connectivity index (χ1v) is 11.0. The molecule has 0 spiro atoms. The number of rotatable bonds is 9. The molecule has 0 saturated heterocycles. The van der Waals surface area contributed by atoms with Gasteiger partial charge in [-0.15, -0.1) is 0 Å². The van der Waals surface area contributed by atoms with E-state index in [2.05, 4.69) is 9.97 Å². The second-order valence-electron chi connectivity index (χ2n) is 7.84. The number of thiazole rings is 1. The number of benzene rings is 1. The molecule has 1 atom stereocenters. The zero-order valence-electron chi connectivity index (χ0n) is 16.5. The minimum absolute atomic E-state index is 0.0141. The molecule has 8 nitrogen and oxygen atoms in total. The average molecular weight is 429 g/mol. The van der Waals surface area contributed by atoms with Crippen molar-refractivity contribution in [1.82, 2.24) is 14.5 Å². The number of carboxylic acids is 1. The van der Waals surface area contributed by atoms with Crippen molar-refractivity contribution >= 4 is 33.6 Å². The molecule has 3 aromatic rings. The minimum atomic E-state index is -0.904. The Morgan fingerprint density at radius 2 is 1.97 bits per heavy atom. The van der Waals surface area contributed by atoms with Crippen molar-refractivity contribution in [3.05, 3.63) is 55.4 Å². The Hall–Kier alpha value is -2.94. The van der Waals surface area contributed by atoms with Crippen LogP contribution in [0.1, 0.15) is 60.4 Å². The molecule has 0 radical (unpaired) electrons. The summed E-state index contributed by atoms with van der Waals surface area (Å²) in [6.45, 7) is 0.510. The van der Waals surface area contributed by atoms with Gasteiger partial charge in [-0.25, -0.2) is 4.79 Å². The Kier molecular flexibility index (Phi) is 5.72. The number of nitrogens with one attached hydrogen (secondary N) is 1. The van der Waals surface area contributed by atoms with Crippen LogP contribution in [0.3, 0.4) is 0 Å². The predicted molar refractivity (Wildman–Crippen MR) is 116 cm³/mol. The standard InChI is InChI=1S/C21H24N4O4S/c22-20-23-17-16(18(26)24-20)30-21(29)25(17)11-3-1-2-4-15(12-5-6-12)13-7-9-14(10-8-13)19(27)28/h7-10,12,15H,1-6,11H2,(H,27,28)(H3,22,23,24,26). The number of nitrogens with two attached hydrogens (primary N) is 1. The first kappa shape index (κ1) is 20.3. The molecule has 1 aliphatic carbocycles. The van der Waals surface area contributed by atoms with Gasteiger partial charge >= 0.3 is 10.8 Å². The Morgan fingerprint density at radius 3 is 2.63 bits per heavy atom. The molecule has 1 saturated carbocycles. The van der Waals surface area contributed by atoms with Gasteiger partial charge in [0.2, 0.25) is 5.95 Å². The lowest BCUT2D eigenvalue weighted by atomic mass is 9.88. The minimum Gasteiger partial charge on any atom is -0.478 e. The van der Waals surface area contributed by atoms with E-state index >= 15 is 0 Å². The maximum Gasteiger partial charge on any atom is 0.335 e. The molecule has 0 bridgehead atoms. The van der Waals surface area contributed by atoms with E-state index in [4.69, 9.17) is 10.8 Å². The molecule has 4 N–H and O–H groups in total. The first-order valence-electron chi connectivity index (χ1n) is 10.2. The molecular weight excluding hydrogens is 404 g/mol. The molecule has 1 fully saturated rings. The number of anilines is 1. The summed E-state index contributed by atoms with van der Waals surface area (Å²) in [4.78, 5) is 41.6. The number of hydrogen-bond donors (Lipinski definition) is 3. The fourth-order valence-electron chi connectivity index (χ4n) is 4.03. The maximum atomic E-state index is 12.2. The lowest BCUT2D eigenvalue weighted by molar-refractivity contribution is 0.0697. The summed E-state index contributed by atoms with van der Waals surface area (Å²) in [7, 11) is 0. The number of aromatic carboxylic acids is 1. The summed E-state index contributed by atoms with van der Waals surface area (Å²) >= 11 is 0.899. The van der Waals surface area contributed by atoms with Crippen LogP contribution in [0.4, 0.5) is 5.95 Å². The fourth-order valence-corrected chi connectivity index (χ4v) is 4.88. The lowest BCUT2D eigenvalue weighted by Crippen LogP contribution is -2.15. The van der Waals surface area contributed by atoms with Crippen LogP contribution in [0.2, 0.25) is 0 Å². The van der Waals surface area contributed by atoms with Crippen LogP contribution in [0, 0.1) is 5.92 Å². The quantitative estimate of drug-likeness (QED) is 0.449. The number of H-pyrrole nitrogens is 1. The van der Waals surface area contributed by atoms with E-state index in [9.17, 15) is 14.4 Å². The van der Waals surface area contributed by atoms with Crippen LogP contribution in [-0.2, 0) is 6.54 Å². The van der Waals surface area contributed by atoms with Gasteiger partial charge in [0.15, 0.2) is 5.65 Å². The number of aromatic amines is 1. The molecule has 4 rings (SSSR count). The van der Waals surface area contributed by atoms with Crippen LogP contribution >= 0.6 is 11.3 Å². The van der Waals surface area contributed by atoms with Gasteiger partial charge in [-0.05, 0) is 55.2 Å². The molecule has 2 aromatic heterocycles. The second kappa shape index (κ2) is 8.43. The second-order valence-corrected chi connectivity index (χ2v) is 8.81. The van der Waals surface area contributed by atoms with Crippen LogP contribution in [0.25, 0.3) is 10.3 Å². The highest BCUT2D eigenvalue weighted by Gasteiger charge is 2.31. The van der Waals surface area contributed by atoms with E-state index in [1.165, 1.54) is 23.0 Å². The van der Waals surface area contributed by atoms with Crippen molar-refractivity contribution < 1.29 is 9.90 Å². The predicted octanol–water partition coefficient (Wildman–Crippen LogP) is 3.18. The normalized spacial score (nSPS) is 14.8.